The number of aromatic nitrogens is 1. The number of hydrogen-bond acceptors (Lipinski definition) is 3. The molecule has 1 aromatic heterocycles. The lowest BCUT2D eigenvalue weighted by Gasteiger charge is -2.32. The fourth-order valence-electron chi connectivity index (χ4n) is 4.55. The lowest BCUT2D eigenvalue weighted by atomic mass is 9.92. The Morgan fingerprint density at radius 3 is 2.18 bits per heavy atom. The minimum atomic E-state index is 0.386. The van der Waals surface area contributed by atoms with Gasteiger partial charge in [-0.25, -0.2) is 4.98 Å². The van der Waals surface area contributed by atoms with E-state index in [1.54, 1.807) is 0 Å². The van der Waals surface area contributed by atoms with Gasteiger partial charge >= 0.3 is 0 Å². The third kappa shape index (κ3) is 6.67. The van der Waals surface area contributed by atoms with Crippen molar-refractivity contribution in [3.8, 4) is 5.75 Å². The van der Waals surface area contributed by atoms with E-state index in [0.29, 0.717) is 5.75 Å². The standard InChI is InChI=1S/C25H44N2O/c1-18(2)10-7-11-19(3)12-8-13-20(4)15-17-27-16-9-14-23-21(5)24(28)22(6)26-25(23)27/h18-20,28H,7-17H2,1-6H3. The van der Waals surface area contributed by atoms with E-state index >= 15 is 0 Å². The number of pyridine rings is 1. The first kappa shape index (κ1) is 23.0. The predicted molar refractivity (Wildman–Crippen MR) is 121 cm³/mol. The molecule has 0 fully saturated rings. The summed E-state index contributed by atoms with van der Waals surface area (Å²) in [6.45, 7) is 15.6. The molecule has 0 spiro atoms. The van der Waals surface area contributed by atoms with Gasteiger partial charge in [0, 0.05) is 18.7 Å². The Hall–Kier alpha value is -1.25. The van der Waals surface area contributed by atoms with Crippen LogP contribution in [0.5, 0.6) is 5.75 Å². The highest BCUT2D eigenvalue weighted by Gasteiger charge is 2.23. The van der Waals surface area contributed by atoms with Crippen molar-refractivity contribution in [2.75, 3.05) is 18.0 Å². The van der Waals surface area contributed by atoms with Crippen LogP contribution in [0.25, 0.3) is 0 Å². The van der Waals surface area contributed by atoms with Crippen LogP contribution in [0.2, 0.25) is 0 Å². The van der Waals surface area contributed by atoms with Gasteiger partial charge in [0.15, 0.2) is 0 Å². The molecule has 0 saturated carbocycles. The molecule has 0 saturated heterocycles. The van der Waals surface area contributed by atoms with Crippen molar-refractivity contribution in [2.24, 2.45) is 17.8 Å². The summed E-state index contributed by atoms with van der Waals surface area (Å²) in [5, 5.41) is 10.2. The van der Waals surface area contributed by atoms with Crippen LogP contribution in [0.4, 0.5) is 5.82 Å². The molecule has 1 aliphatic heterocycles. The van der Waals surface area contributed by atoms with Gasteiger partial charge < -0.3 is 10.0 Å². The van der Waals surface area contributed by atoms with E-state index < -0.39 is 0 Å². The fourth-order valence-corrected chi connectivity index (χ4v) is 4.55. The van der Waals surface area contributed by atoms with E-state index in [-0.39, 0.29) is 0 Å². The average Bonchev–Trinajstić information content (AvgIpc) is 2.64. The second kappa shape index (κ2) is 11.1. The largest absolute Gasteiger partial charge is 0.506 e. The molecule has 1 aromatic rings. The quantitative estimate of drug-likeness (QED) is 0.452. The van der Waals surface area contributed by atoms with Gasteiger partial charge in [-0.05, 0) is 56.4 Å². The summed E-state index contributed by atoms with van der Waals surface area (Å²) in [6.07, 6.45) is 11.7. The Morgan fingerprint density at radius 1 is 0.929 bits per heavy atom. The predicted octanol–water partition coefficient (Wildman–Crippen LogP) is 6.82. The highest BCUT2D eigenvalue weighted by Crippen LogP contribution is 2.34. The van der Waals surface area contributed by atoms with E-state index in [2.05, 4.69) is 32.6 Å². The first-order valence-corrected chi connectivity index (χ1v) is 11.7. The number of rotatable bonds is 11. The van der Waals surface area contributed by atoms with Crippen LogP contribution in [0.1, 0.15) is 95.9 Å². The van der Waals surface area contributed by atoms with Crippen molar-refractivity contribution in [1.29, 1.82) is 0 Å². The highest BCUT2D eigenvalue weighted by molar-refractivity contribution is 5.58. The summed E-state index contributed by atoms with van der Waals surface area (Å²) in [5.41, 5.74) is 3.06. The molecule has 2 atom stereocenters. The summed E-state index contributed by atoms with van der Waals surface area (Å²) >= 11 is 0. The van der Waals surface area contributed by atoms with Gasteiger partial charge in [-0.3, -0.25) is 0 Å². The second-order valence-electron chi connectivity index (χ2n) is 9.82. The zero-order valence-electron chi connectivity index (χ0n) is 19.4. The zero-order valence-corrected chi connectivity index (χ0v) is 19.4. The molecule has 2 unspecified atom stereocenters. The van der Waals surface area contributed by atoms with Crippen molar-refractivity contribution >= 4 is 5.82 Å². The van der Waals surface area contributed by atoms with Crippen LogP contribution < -0.4 is 4.90 Å². The maximum absolute atomic E-state index is 10.2. The Balaban J connectivity index is 1.75. The van der Waals surface area contributed by atoms with Crippen molar-refractivity contribution in [3.63, 3.8) is 0 Å². The topological polar surface area (TPSA) is 36.4 Å². The Morgan fingerprint density at radius 2 is 1.54 bits per heavy atom. The maximum atomic E-state index is 10.2. The lowest BCUT2D eigenvalue weighted by molar-refractivity contribution is 0.392. The average molecular weight is 389 g/mol. The second-order valence-corrected chi connectivity index (χ2v) is 9.82. The number of anilines is 1. The normalized spacial score (nSPS) is 16.3. The highest BCUT2D eigenvalue weighted by atomic mass is 16.3. The van der Waals surface area contributed by atoms with Crippen molar-refractivity contribution in [2.45, 2.75) is 99.3 Å². The molecule has 0 radical (unpaired) electrons. The number of aromatic hydroxyl groups is 1. The molecule has 1 aliphatic rings. The minimum absolute atomic E-state index is 0.386. The summed E-state index contributed by atoms with van der Waals surface area (Å²) < 4.78 is 0. The van der Waals surface area contributed by atoms with Crippen molar-refractivity contribution in [3.05, 3.63) is 16.8 Å². The van der Waals surface area contributed by atoms with Gasteiger partial charge in [0.1, 0.15) is 11.6 Å². The van der Waals surface area contributed by atoms with Crippen molar-refractivity contribution in [1.82, 2.24) is 4.98 Å². The molecule has 1 N–H and O–H groups in total. The van der Waals surface area contributed by atoms with Crippen LogP contribution in [-0.2, 0) is 6.42 Å². The summed E-state index contributed by atoms with van der Waals surface area (Å²) in [4.78, 5) is 7.20. The van der Waals surface area contributed by atoms with Crippen LogP contribution in [0.3, 0.4) is 0 Å². The molecule has 0 bridgehead atoms. The maximum Gasteiger partial charge on any atom is 0.140 e. The van der Waals surface area contributed by atoms with Gasteiger partial charge in [-0.15, -0.1) is 0 Å². The zero-order chi connectivity index (χ0) is 20.7. The number of nitrogens with zero attached hydrogens (tertiary/aromatic N) is 2. The minimum Gasteiger partial charge on any atom is -0.506 e. The van der Waals surface area contributed by atoms with E-state index in [9.17, 15) is 5.11 Å². The first-order chi connectivity index (χ1) is 13.3. The Kier molecular flexibility index (Phi) is 9.11. The van der Waals surface area contributed by atoms with E-state index in [4.69, 9.17) is 4.98 Å². The molecular formula is C25H44N2O. The molecule has 28 heavy (non-hydrogen) atoms. The monoisotopic (exact) mass is 388 g/mol. The Bertz CT molecular complexity index is 611. The third-order valence-corrected chi connectivity index (χ3v) is 6.61. The third-order valence-electron chi connectivity index (χ3n) is 6.61. The van der Waals surface area contributed by atoms with Crippen LogP contribution in [-0.4, -0.2) is 23.2 Å². The summed E-state index contributed by atoms with van der Waals surface area (Å²) in [5.74, 6) is 4.01. The van der Waals surface area contributed by atoms with Gasteiger partial charge in [0.05, 0.1) is 5.69 Å². The number of fused-ring (bicyclic) bond motifs is 1. The van der Waals surface area contributed by atoms with Crippen LogP contribution in [0, 0.1) is 31.6 Å². The molecule has 0 amide bonds. The molecule has 2 heterocycles. The first-order valence-electron chi connectivity index (χ1n) is 11.7. The molecule has 3 heteroatoms. The van der Waals surface area contributed by atoms with Gasteiger partial charge in [0.2, 0.25) is 0 Å². The molecule has 160 valence electrons. The van der Waals surface area contributed by atoms with E-state index in [1.807, 2.05) is 13.8 Å². The van der Waals surface area contributed by atoms with E-state index in [0.717, 1.165) is 54.3 Å². The summed E-state index contributed by atoms with van der Waals surface area (Å²) in [7, 11) is 0. The fraction of sp³-hybridized carbons (Fsp3) is 0.800. The van der Waals surface area contributed by atoms with E-state index in [1.165, 1.54) is 56.9 Å². The van der Waals surface area contributed by atoms with Crippen molar-refractivity contribution < 1.29 is 5.11 Å². The Labute approximate surface area is 173 Å². The number of hydrogen-bond donors (Lipinski definition) is 1. The summed E-state index contributed by atoms with van der Waals surface area (Å²) in [6, 6.07) is 0. The molecule has 2 rings (SSSR count). The molecule has 0 aliphatic carbocycles. The molecule has 0 aromatic carbocycles. The SMILES string of the molecule is Cc1nc2c(c(C)c1O)CCCN2CCC(C)CCCC(C)CCCC(C)C. The van der Waals surface area contributed by atoms with Gasteiger partial charge in [-0.1, -0.05) is 66.2 Å². The number of aryl methyl sites for hydroxylation is 1. The van der Waals surface area contributed by atoms with Gasteiger partial charge in [0.25, 0.3) is 0 Å². The molecular weight excluding hydrogens is 344 g/mol. The molecule has 3 nitrogen and oxygen atoms in total. The van der Waals surface area contributed by atoms with Gasteiger partial charge in [-0.2, -0.15) is 0 Å². The lowest BCUT2D eigenvalue weighted by Crippen LogP contribution is -2.32. The van der Waals surface area contributed by atoms with Crippen LogP contribution >= 0.6 is 0 Å². The van der Waals surface area contributed by atoms with Crippen LogP contribution in [0.15, 0.2) is 0 Å². The smallest absolute Gasteiger partial charge is 0.140 e.